The van der Waals surface area contributed by atoms with Crippen molar-refractivity contribution in [1.29, 1.82) is 0 Å². The molecule has 0 saturated carbocycles. The second kappa shape index (κ2) is 8.65. The highest BCUT2D eigenvalue weighted by molar-refractivity contribution is 6.30. The third-order valence-electron chi connectivity index (χ3n) is 4.61. The van der Waals surface area contributed by atoms with Gasteiger partial charge in [0.05, 0.1) is 0 Å². The smallest absolute Gasteiger partial charge is 0.133 e. The van der Waals surface area contributed by atoms with Gasteiger partial charge in [-0.1, -0.05) is 17.7 Å². The van der Waals surface area contributed by atoms with Crippen molar-refractivity contribution in [3.8, 4) is 11.5 Å². The Balaban J connectivity index is 1.61. The Morgan fingerprint density at radius 2 is 1.76 bits per heavy atom. The molecule has 1 heterocycles. The van der Waals surface area contributed by atoms with E-state index in [9.17, 15) is 4.39 Å². The van der Waals surface area contributed by atoms with Gasteiger partial charge < -0.3 is 14.5 Å². The van der Waals surface area contributed by atoms with E-state index in [4.69, 9.17) is 16.3 Å². The molecule has 2 aromatic rings. The van der Waals surface area contributed by atoms with Crippen LogP contribution in [0.3, 0.4) is 0 Å². The summed E-state index contributed by atoms with van der Waals surface area (Å²) >= 11 is 5.90. The van der Waals surface area contributed by atoms with Gasteiger partial charge in [0.1, 0.15) is 17.3 Å². The molecule has 1 saturated heterocycles. The Bertz CT molecular complexity index is 685. The SMILES string of the molecule is CN1CCN(CCCc2c(F)cccc2Oc2ccc(Cl)cc2)CC1. The molecule has 134 valence electrons. The van der Waals surface area contributed by atoms with Crippen LogP contribution >= 0.6 is 11.6 Å². The Morgan fingerprint density at radius 3 is 2.48 bits per heavy atom. The molecule has 0 radical (unpaired) electrons. The fraction of sp³-hybridized carbons (Fsp3) is 0.400. The average molecular weight is 363 g/mol. The predicted octanol–water partition coefficient (Wildman–Crippen LogP) is 4.45. The van der Waals surface area contributed by atoms with E-state index in [-0.39, 0.29) is 5.82 Å². The standard InChI is InChI=1S/C20H24ClFN2O/c1-23-12-14-24(15-13-23)11-3-4-18-19(22)5-2-6-20(18)25-17-9-7-16(21)8-10-17/h2,5-10H,3-4,11-15H2,1H3. The molecule has 2 aromatic carbocycles. The first-order valence-corrected chi connectivity index (χ1v) is 9.11. The van der Waals surface area contributed by atoms with Gasteiger partial charge in [-0.05, 0) is 62.8 Å². The molecule has 0 N–H and O–H groups in total. The third-order valence-corrected chi connectivity index (χ3v) is 4.87. The molecule has 5 heteroatoms. The summed E-state index contributed by atoms with van der Waals surface area (Å²) in [6.45, 7) is 5.36. The van der Waals surface area contributed by atoms with Crippen LogP contribution in [0, 0.1) is 5.82 Å². The zero-order valence-corrected chi connectivity index (χ0v) is 15.3. The van der Waals surface area contributed by atoms with Crippen molar-refractivity contribution in [2.45, 2.75) is 12.8 Å². The van der Waals surface area contributed by atoms with Crippen molar-refractivity contribution in [1.82, 2.24) is 9.80 Å². The molecule has 1 aliphatic heterocycles. The van der Waals surface area contributed by atoms with Crippen LogP contribution in [0.5, 0.6) is 11.5 Å². The molecular formula is C20H24ClFN2O. The molecule has 0 bridgehead atoms. The van der Waals surface area contributed by atoms with Crippen molar-refractivity contribution in [2.24, 2.45) is 0 Å². The summed E-state index contributed by atoms with van der Waals surface area (Å²) in [6.07, 6.45) is 1.59. The van der Waals surface area contributed by atoms with Gasteiger partial charge in [0.25, 0.3) is 0 Å². The van der Waals surface area contributed by atoms with Crippen molar-refractivity contribution < 1.29 is 9.13 Å². The van der Waals surface area contributed by atoms with Gasteiger partial charge in [0.2, 0.25) is 0 Å². The van der Waals surface area contributed by atoms with Crippen LogP contribution in [0.2, 0.25) is 5.02 Å². The van der Waals surface area contributed by atoms with E-state index in [0.717, 1.165) is 39.1 Å². The highest BCUT2D eigenvalue weighted by Gasteiger charge is 2.15. The lowest BCUT2D eigenvalue weighted by Gasteiger charge is -2.32. The Morgan fingerprint density at radius 1 is 1.04 bits per heavy atom. The number of benzene rings is 2. The first kappa shape index (κ1) is 18.2. The largest absolute Gasteiger partial charge is 0.457 e. The summed E-state index contributed by atoms with van der Waals surface area (Å²) in [7, 11) is 2.15. The first-order chi connectivity index (χ1) is 12.1. The first-order valence-electron chi connectivity index (χ1n) is 8.73. The van der Waals surface area contributed by atoms with Crippen molar-refractivity contribution in [3.05, 3.63) is 58.9 Å². The highest BCUT2D eigenvalue weighted by Crippen LogP contribution is 2.29. The maximum absolute atomic E-state index is 14.3. The van der Waals surface area contributed by atoms with Gasteiger partial charge in [0.15, 0.2) is 0 Å². The summed E-state index contributed by atoms with van der Waals surface area (Å²) in [5, 5.41) is 0.652. The monoisotopic (exact) mass is 362 g/mol. The summed E-state index contributed by atoms with van der Waals surface area (Å²) in [4.78, 5) is 4.78. The third kappa shape index (κ3) is 5.18. The summed E-state index contributed by atoms with van der Waals surface area (Å²) < 4.78 is 20.2. The van der Waals surface area contributed by atoms with E-state index >= 15 is 0 Å². The van der Waals surface area contributed by atoms with Crippen LogP contribution in [0.1, 0.15) is 12.0 Å². The molecule has 0 amide bonds. The number of nitrogens with zero attached hydrogens (tertiary/aromatic N) is 2. The Labute approximate surface area is 154 Å². The maximum Gasteiger partial charge on any atom is 0.133 e. The quantitative estimate of drug-likeness (QED) is 0.755. The number of halogens is 2. The zero-order chi connectivity index (χ0) is 17.6. The van der Waals surface area contributed by atoms with Crippen LogP contribution in [0.25, 0.3) is 0 Å². The number of ether oxygens (including phenoxy) is 1. The van der Waals surface area contributed by atoms with Crippen LogP contribution in [0.15, 0.2) is 42.5 Å². The Hall–Kier alpha value is -1.62. The lowest BCUT2D eigenvalue weighted by molar-refractivity contribution is 0.153. The molecule has 1 fully saturated rings. The van der Waals surface area contributed by atoms with Gasteiger partial charge in [-0.15, -0.1) is 0 Å². The molecule has 0 aromatic heterocycles. The second-order valence-electron chi connectivity index (χ2n) is 6.52. The van der Waals surface area contributed by atoms with Crippen LogP contribution in [0.4, 0.5) is 4.39 Å². The fourth-order valence-corrected chi connectivity index (χ4v) is 3.18. The average Bonchev–Trinajstić information content (AvgIpc) is 2.61. The summed E-state index contributed by atoms with van der Waals surface area (Å²) in [5.41, 5.74) is 0.645. The molecule has 0 spiro atoms. The molecular weight excluding hydrogens is 339 g/mol. The molecule has 0 unspecified atom stereocenters. The minimum Gasteiger partial charge on any atom is -0.457 e. The number of hydrogen-bond donors (Lipinski definition) is 0. The molecule has 3 nitrogen and oxygen atoms in total. The van der Waals surface area contributed by atoms with Gasteiger partial charge in [-0.25, -0.2) is 4.39 Å². The molecule has 0 aliphatic carbocycles. The minimum atomic E-state index is -0.204. The highest BCUT2D eigenvalue weighted by atomic mass is 35.5. The molecule has 0 atom stereocenters. The van der Waals surface area contributed by atoms with E-state index in [1.54, 1.807) is 30.3 Å². The van der Waals surface area contributed by atoms with E-state index in [1.165, 1.54) is 6.07 Å². The number of piperazine rings is 1. The number of rotatable bonds is 6. The normalized spacial score (nSPS) is 16.1. The topological polar surface area (TPSA) is 15.7 Å². The lowest BCUT2D eigenvalue weighted by atomic mass is 10.1. The number of likely N-dealkylation sites (N-methyl/N-ethyl adjacent to an activating group) is 1. The van der Waals surface area contributed by atoms with Crippen LogP contribution in [-0.4, -0.2) is 49.6 Å². The fourth-order valence-electron chi connectivity index (χ4n) is 3.06. The van der Waals surface area contributed by atoms with Crippen molar-refractivity contribution >= 4 is 11.6 Å². The van der Waals surface area contributed by atoms with Gasteiger partial charge in [-0.2, -0.15) is 0 Å². The van der Waals surface area contributed by atoms with Gasteiger partial charge >= 0.3 is 0 Å². The van der Waals surface area contributed by atoms with E-state index in [0.29, 0.717) is 28.5 Å². The predicted molar refractivity (Wildman–Crippen MR) is 100 cm³/mol. The summed E-state index contributed by atoms with van der Waals surface area (Å²) in [5.74, 6) is 1.04. The van der Waals surface area contributed by atoms with E-state index in [1.807, 2.05) is 6.07 Å². The van der Waals surface area contributed by atoms with Crippen molar-refractivity contribution in [3.63, 3.8) is 0 Å². The van der Waals surface area contributed by atoms with E-state index < -0.39 is 0 Å². The van der Waals surface area contributed by atoms with Crippen LogP contribution < -0.4 is 4.74 Å². The molecule has 3 rings (SSSR count). The number of hydrogen-bond acceptors (Lipinski definition) is 3. The van der Waals surface area contributed by atoms with Gasteiger partial charge in [-0.3, -0.25) is 0 Å². The molecule has 1 aliphatic rings. The van der Waals surface area contributed by atoms with Gasteiger partial charge in [0, 0.05) is 36.8 Å². The Kier molecular flexibility index (Phi) is 6.29. The zero-order valence-electron chi connectivity index (χ0n) is 14.5. The van der Waals surface area contributed by atoms with E-state index in [2.05, 4.69) is 16.8 Å². The maximum atomic E-state index is 14.3. The lowest BCUT2D eigenvalue weighted by Crippen LogP contribution is -2.44. The van der Waals surface area contributed by atoms with Crippen molar-refractivity contribution in [2.75, 3.05) is 39.8 Å². The summed E-state index contributed by atoms with van der Waals surface area (Å²) in [6, 6.07) is 12.1. The minimum absolute atomic E-state index is 0.204. The second-order valence-corrected chi connectivity index (χ2v) is 6.96. The molecule has 25 heavy (non-hydrogen) atoms. The van der Waals surface area contributed by atoms with Crippen LogP contribution in [-0.2, 0) is 6.42 Å².